The van der Waals surface area contributed by atoms with Crippen molar-refractivity contribution in [2.45, 2.75) is 39.2 Å². The van der Waals surface area contributed by atoms with E-state index in [1.54, 1.807) is 12.1 Å². The highest BCUT2D eigenvalue weighted by Crippen LogP contribution is 2.20. The van der Waals surface area contributed by atoms with Gasteiger partial charge in [0.15, 0.2) is 0 Å². The van der Waals surface area contributed by atoms with E-state index >= 15 is 0 Å². The molecule has 1 nitrogen and oxygen atoms in total. The van der Waals surface area contributed by atoms with Crippen LogP contribution in [0.25, 0.3) is 0 Å². The fraction of sp³-hybridized carbons (Fsp3) is 0.333. The van der Waals surface area contributed by atoms with Gasteiger partial charge >= 0.3 is 0 Å². The highest BCUT2D eigenvalue weighted by Gasteiger charge is 2.21. The Balaban J connectivity index is 2.14. The van der Waals surface area contributed by atoms with Crippen molar-refractivity contribution in [3.63, 3.8) is 0 Å². The van der Waals surface area contributed by atoms with Gasteiger partial charge in [-0.3, -0.25) is 0 Å². The minimum absolute atomic E-state index is 0.177. The first-order valence-electron chi connectivity index (χ1n) is 6.96. The van der Waals surface area contributed by atoms with E-state index in [1.165, 1.54) is 22.8 Å². The lowest BCUT2D eigenvalue weighted by molar-refractivity contribution is 0.451. The van der Waals surface area contributed by atoms with Crippen LogP contribution in [0.3, 0.4) is 0 Å². The van der Waals surface area contributed by atoms with Gasteiger partial charge in [-0.1, -0.05) is 36.4 Å². The Morgan fingerprint density at radius 3 is 2.35 bits per heavy atom. The fourth-order valence-electron chi connectivity index (χ4n) is 2.52. The third-order valence-electron chi connectivity index (χ3n) is 3.73. The lowest BCUT2D eigenvalue weighted by Gasteiger charge is -2.25. The number of hydrogen-bond donors (Lipinski definition) is 1. The molecule has 106 valence electrons. The first-order valence-corrected chi connectivity index (χ1v) is 6.96. The van der Waals surface area contributed by atoms with Gasteiger partial charge in [-0.25, -0.2) is 4.39 Å². The zero-order chi connectivity index (χ0) is 14.8. The van der Waals surface area contributed by atoms with E-state index in [0.717, 1.165) is 6.42 Å². The van der Waals surface area contributed by atoms with Crippen LogP contribution in [0.1, 0.15) is 29.2 Å². The molecule has 0 saturated heterocycles. The molecular formula is C18H22FN. The molecule has 0 amide bonds. The summed E-state index contributed by atoms with van der Waals surface area (Å²) in [6.07, 6.45) is 1.27. The normalized spacial score (nSPS) is 14.1. The Morgan fingerprint density at radius 2 is 1.70 bits per heavy atom. The van der Waals surface area contributed by atoms with Crippen molar-refractivity contribution in [1.82, 2.24) is 0 Å². The third-order valence-corrected chi connectivity index (χ3v) is 3.73. The van der Waals surface area contributed by atoms with Crippen molar-refractivity contribution < 1.29 is 4.39 Å². The van der Waals surface area contributed by atoms with Gasteiger partial charge in [-0.05, 0) is 61.9 Å². The molecule has 20 heavy (non-hydrogen) atoms. The molecule has 1 unspecified atom stereocenters. The summed E-state index contributed by atoms with van der Waals surface area (Å²) >= 11 is 0. The van der Waals surface area contributed by atoms with Crippen LogP contribution in [0, 0.1) is 19.7 Å². The van der Waals surface area contributed by atoms with E-state index in [1.807, 2.05) is 13.0 Å². The van der Waals surface area contributed by atoms with Gasteiger partial charge in [0.05, 0.1) is 0 Å². The molecule has 0 aromatic heterocycles. The van der Waals surface area contributed by atoms with E-state index in [2.05, 4.69) is 32.0 Å². The monoisotopic (exact) mass is 271 g/mol. The van der Waals surface area contributed by atoms with Crippen LogP contribution < -0.4 is 5.73 Å². The van der Waals surface area contributed by atoms with Crippen LogP contribution in [-0.4, -0.2) is 5.54 Å². The minimum atomic E-state index is -0.454. The summed E-state index contributed by atoms with van der Waals surface area (Å²) in [5, 5.41) is 0. The number of aryl methyl sites for hydroxylation is 2. The molecule has 2 N–H and O–H groups in total. The Labute approximate surface area is 120 Å². The summed E-state index contributed by atoms with van der Waals surface area (Å²) in [5.74, 6) is -0.177. The van der Waals surface area contributed by atoms with Gasteiger partial charge in [0.1, 0.15) is 5.82 Å². The van der Waals surface area contributed by atoms with Crippen LogP contribution in [-0.2, 0) is 12.8 Å². The predicted octanol–water partition coefficient (Wildman–Crippen LogP) is 3.95. The van der Waals surface area contributed by atoms with Crippen LogP contribution in [0.5, 0.6) is 0 Å². The van der Waals surface area contributed by atoms with Gasteiger partial charge in [-0.2, -0.15) is 0 Å². The molecule has 2 aromatic rings. The van der Waals surface area contributed by atoms with Gasteiger partial charge in [0, 0.05) is 5.54 Å². The van der Waals surface area contributed by atoms with Gasteiger partial charge in [0.2, 0.25) is 0 Å². The highest BCUT2D eigenvalue weighted by molar-refractivity contribution is 5.31. The fourth-order valence-corrected chi connectivity index (χ4v) is 2.52. The quantitative estimate of drug-likeness (QED) is 0.895. The van der Waals surface area contributed by atoms with Crippen molar-refractivity contribution in [3.05, 3.63) is 70.5 Å². The molecule has 0 radical (unpaired) electrons. The van der Waals surface area contributed by atoms with Crippen molar-refractivity contribution in [2.75, 3.05) is 0 Å². The maximum absolute atomic E-state index is 13.7. The lowest BCUT2D eigenvalue weighted by atomic mass is 9.86. The molecule has 0 aliphatic rings. The molecule has 2 heteroatoms. The third kappa shape index (κ3) is 3.67. The van der Waals surface area contributed by atoms with Crippen LogP contribution in [0.2, 0.25) is 0 Å². The van der Waals surface area contributed by atoms with Crippen LogP contribution in [0.15, 0.2) is 42.5 Å². The summed E-state index contributed by atoms with van der Waals surface area (Å²) in [6, 6.07) is 13.2. The van der Waals surface area contributed by atoms with Crippen molar-refractivity contribution in [1.29, 1.82) is 0 Å². The molecule has 0 aliphatic carbocycles. The van der Waals surface area contributed by atoms with Crippen molar-refractivity contribution >= 4 is 0 Å². The first-order chi connectivity index (χ1) is 9.37. The average Bonchev–Trinajstić information content (AvgIpc) is 2.36. The summed E-state index contributed by atoms with van der Waals surface area (Å²) < 4.78 is 13.7. The van der Waals surface area contributed by atoms with E-state index in [0.29, 0.717) is 12.0 Å². The van der Waals surface area contributed by atoms with E-state index < -0.39 is 5.54 Å². The predicted molar refractivity (Wildman–Crippen MR) is 82.3 cm³/mol. The molecule has 0 spiro atoms. The smallest absolute Gasteiger partial charge is 0.126 e. The number of nitrogens with two attached hydrogens (primary N) is 1. The standard InChI is InChI=1S/C18H22FN/c1-13-8-9-15(10-14(13)2)11-18(3,20)12-16-6-4-5-7-17(16)19/h4-10H,11-12,20H2,1-3H3. The van der Waals surface area contributed by atoms with E-state index in [-0.39, 0.29) is 5.82 Å². The first kappa shape index (κ1) is 14.7. The molecule has 0 bridgehead atoms. The second-order valence-corrected chi connectivity index (χ2v) is 6.02. The highest BCUT2D eigenvalue weighted by atomic mass is 19.1. The zero-order valence-corrected chi connectivity index (χ0v) is 12.4. The van der Waals surface area contributed by atoms with Crippen LogP contribution in [0.4, 0.5) is 4.39 Å². The van der Waals surface area contributed by atoms with Crippen molar-refractivity contribution in [3.8, 4) is 0 Å². The van der Waals surface area contributed by atoms with Gasteiger partial charge < -0.3 is 5.73 Å². The van der Waals surface area contributed by atoms with Gasteiger partial charge in [-0.15, -0.1) is 0 Å². The molecule has 2 aromatic carbocycles. The van der Waals surface area contributed by atoms with Crippen molar-refractivity contribution in [2.24, 2.45) is 5.73 Å². The molecule has 0 fully saturated rings. The molecular weight excluding hydrogens is 249 g/mol. The average molecular weight is 271 g/mol. The molecule has 0 heterocycles. The number of halogens is 1. The van der Waals surface area contributed by atoms with Crippen LogP contribution >= 0.6 is 0 Å². The lowest BCUT2D eigenvalue weighted by Crippen LogP contribution is -2.41. The minimum Gasteiger partial charge on any atom is -0.325 e. The molecule has 0 aliphatic heterocycles. The molecule has 2 rings (SSSR count). The summed E-state index contributed by atoms with van der Waals surface area (Å²) in [4.78, 5) is 0. The molecule has 0 saturated carbocycles. The summed E-state index contributed by atoms with van der Waals surface area (Å²) in [6.45, 7) is 6.18. The number of rotatable bonds is 4. The summed E-state index contributed by atoms with van der Waals surface area (Å²) in [5.41, 5.74) is 10.3. The number of hydrogen-bond acceptors (Lipinski definition) is 1. The Hall–Kier alpha value is -1.67. The van der Waals surface area contributed by atoms with E-state index in [9.17, 15) is 4.39 Å². The number of benzene rings is 2. The maximum Gasteiger partial charge on any atom is 0.126 e. The van der Waals surface area contributed by atoms with E-state index in [4.69, 9.17) is 5.73 Å². The zero-order valence-electron chi connectivity index (χ0n) is 12.4. The topological polar surface area (TPSA) is 26.0 Å². The largest absolute Gasteiger partial charge is 0.325 e. The second-order valence-electron chi connectivity index (χ2n) is 6.02. The van der Waals surface area contributed by atoms with Gasteiger partial charge in [0.25, 0.3) is 0 Å². The Morgan fingerprint density at radius 1 is 1.00 bits per heavy atom. The second kappa shape index (κ2) is 5.76. The Bertz CT molecular complexity index is 602. The maximum atomic E-state index is 13.7. The Kier molecular flexibility index (Phi) is 4.24. The molecule has 1 atom stereocenters. The summed E-state index contributed by atoms with van der Waals surface area (Å²) in [7, 11) is 0. The SMILES string of the molecule is Cc1ccc(CC(C)(N)Cc2ccccc2F)cc1C.